The highest BCUT2D eigenvalue weighted by Crippen LogP contribution is 2.27. The first-order valence-corrected chi connectivity index (χ1v) is 9.16. The van der Waals surface area contributed by atoms with Gasteiger partial charge < -0.3 is 4.74 Å². The Morgan fingerprint density at radius 3 is 2.21 bits per heavy atom. The molecule has 4 nitrogen and oxygen atoms in total. The second kappa shape index (κ2) is 6.53. The van der Waals surface area contributed by atoms with Crippen molar-refractivity contribution < 1.29 is 13.2 Å². The summed E-state index contributed by atoms with van der Waals surface area (Å²) < 4.78 is 32.6. The number of anilines is 1. The topological polar surface area (TPSA) is 46.6 Å². The van der Waals surface area contributed by atoms with Crippen LogP contribution in [0.5, 0.6) is 5.75 Å². The van der Waals surface area contributed by atoms with Crippen LogP contribution in [-0.2, 0) is 10.0 Å². The van der Waals surface area contributed by atoms with Crippen molar-refractivity contribution in [1.82, 2.24) is 0 Å². The normalized spacial score (nSPS) is 11.4. The van der Waals surface area contributed by atoms with E-state index in [1.54, 1.807) is 43.5 Å². The highest BCUT2D eigenvalue weighted by atomic mass is 32.2. The molecule has 24 heavy (non-hydrogen) atoms. The van der Waals surface area contributed by atoms with Gasteiger partial charge in [0, 0.05) is 6.54 Å². The van der Waals surface area contributed by atoms with Crippen molar-refractivity contribution in [2.75, 3.05) is 18.0 Å². The fourth-order valence-electron chi connectivity index (χ4n) is 2.69. The van der Waals surface area contributed by atoms with Crippen molar-refractivity contribution in [3.8, 4) is 5.75 Å². The van der Waals surface area contributed by atoms with Crippen LogP contribution in [0.1, 0.15) is 6.92 Å². The van der Waals surface area contributed by atoms with Crippen LogP contribution in [0.4, 0.5) is 5.69 Å². The fraction of sp³-hybridized carbons (Fsp3) is 0.158. The van der Waals surface area contributed by atoms with Crippen LogP contribution in [0, 0.1) is 0 Å². The summed E-state index contributed by atoms with van der Waals surface area (Å²) in [6.45, 7) is 2.17. The summed E-state index contributed by atoms with van der Waals surface area (Å²) in [7, 11) is -2.04. The zero-order valence-electron chi connectivity index (χ0n) is 13.6. The predicted molar refractivity (Wildman–Crippen MR) is 97.1 cm³/mol. The molecule has 0 aliphatic carbocycles. The summed E-state index contributed by atoms with van der Waals surface area (Å²) in [5, 5.41) is 1.92. The van der Waals surface area contributed by atoms with Gasteiger partial charge in [0.05, 0.1) is 17.7 Å². The van der Waals surface area contributed by atoms with E-state index < -0.39 is 10.0 Å². The lowest BCUT2D eigenvalue weighted by molar-refractivity contribution is 0.415. The number of methoxy groups -OCH3 is 1. The molecule has 0 spiro atoms. The Morgan fingerprint density at radius 2 is 1.58 bits per heavy atom. The average molecular weight is 341 g/mol. The quantitative estimate of drug-likeness (QED) is 0.703. The van der Waals surface area contributed by atoms with Gasteiger partial charge in [-0.05, 0) is 54.1 Å². The van der Waals surface area contributed by atoms with Gasteiger partial charge in [0.1, 0.15) is 5.75 Å². The third kappa shape index (κ3) is 2.95. The molecule has 0 saturated carbocycles. The van der Waals surface area contributed by atoms with Crippen LogP contribution >= 0.6 is 0 Å². The number of benzene rings is 3. The molecule has 0 unspecified atom stereocenters. The summed E-state index contributed by atoms with van der Waals surface area (Å²) in [5.74, 6) is 0.693. The third-order valence-corrected chi connectivity index (χ3v) is 5.86. The standard InChI is InChI=1S/C19H19NO3S/c1-3-20(17-9-11-18(23-2)12-10-17)24(21,22)19-13-8-15-6-4-5-7-16(15)14-19/h4-14H,3H2,1-2H3. The summed E-state index contributed by atoms with van der Waals surface area (Å²) in [6, 6.07) is 19.9. The molecule has 0 aliphatic heterocycles. The Balaban J connectivity index is 2.04. The molecule has 0 amide bonds. The molecular weight excluding hydrogens is 322 g/mol. The summed E-state index contributed by atoms with van der Waals surface area (Å²) in [6.07, 6.45) is 0. The van der Waals surface area contributed by atoms with Crippen LogP contribution in [0.3, 0.4) is 0 Å². The Bertz CT molecular complexity index is 950. The highest BCUT2D eigenvalue weighted by molar-refractivity contribution is 7.92. The molecule has 3 aromatic rings. The van der Waals surface area contributed by atoms with Crippen molar-refractivity contribution in [3.05, 3.63) is 66.7 Å². The van der Waals surface area contributed by atoms with Crippen LogP contribution in [-0.4, -0.2) is 22.1 Å². The van der Waals surface area contributed by atoms with Crippen LogP contribution in [0.15, 0.2) is 71.6 Å². The average Bonchev–Trinajstić information content (AvgIpc) is 2.62. The maximum atomic E-state index is 13.1. The van der Waals surface area contributed by atoms with Gasteiger partial charge >= 0.3 is 0 Å². The Morgan fingerprint density at radius 1 is 0.917 bits per heavy atom. The second-order valence-electron chi connectivity index (χ2n) is 5.38. The molecule has 0 fully saturated rings. The lowest BCUT2D eigenvalue weighted by Crippen LogP contribution is -2.30. The summed E-state index contributed by atoms with van der Waals surface area (Å²) in [5.41, 5.74) is 0.617. The molecule has 0 heterocycles. The van der Waals surface area contributed by atoms with Gasteiger partial charge in [-0.15, -0.1) is 0 Å². The molecule has 0 atom stereocenters. The van der Waals surface area contributed by atoms with E-state index in [1.165, 1.54) is 4.31 Å². The molecule has 0 N–H and O–H groups in total. The second-order valence-corrected chi connectivity index (χ2v) is 7.24. The number of ether oxygens (including phenoxy) is 1. The van der Waals surface area contributed by atoms with E-state index in [4.69, 9.17) is 4.74 Å². The molecule has 0 aliphatic rings. The molecule has 5 heteroatoms. The number of hydrogen-bond donors (Lipinski definition) is 0. The predicted octanol–water partition coefficient (Wildman–Crippen LogP) is 4.06. The largest absolute Gasteiger partial charge is 0.497 e. The Labute approximate surface area is 142 Å². The smallest absolute Gasteiger partial charge is 0.264 e. The molecule has 124 valence electrons. The number of fused-ring (bicyclic) bond motifs is 1. The van der Waals surface area contributed by atoms with Gasteiger partial charge in [-0.3, -0.25) is 4.31 Å². The fourth-order valence-corrected chi connectivity index (χ4v) is 4.20. The first-order valence-electron chi connectivity index (χ1n) is 7.72. The van der Waals surface area contributed by atoms with Crippen molar-refractivity contribution in [2.24, 2.45) is 0 Å². The number of hydrogen-bond acceptors (Lipinski definition) is 3. The molecule has 3 aromatic carbocycles. The highest BCUT2D eigenvalue weighted by Gasteiger charge is 2.23. The lowest BCUT2D eigenvalue weighted by Gasteiger charge is -2.23. The lowest BCUT2D eigenvalue weighted by atomic mass is 10.1. The Kier molecular flexibility index (Phi) is 4.44. The first-order chi connectivity index (χ1) is 11.6. The minimum absolute atomic E-state index is 0.291. The van der Waals surface area contributed by atoms with Gasteiger partial charge in [0.2, 0.25) is 0 Å². The molecule has 0 radical (unpaired) electrons. The summed E-state index contributed by atoms with van der Waals surface area (Å²) in [4.78, 5) is 0.291. The van der Waals surface area contributed by atoms with E-state index in [0.29, 0.717) is 22.9 Å². The third-order valence-electron chi connectivity index (χ3n) is 3.96. The van der Waals surface area contributed by atoms with Crippen LogP contribution in [0.25, 0.3) is 10.8 Å². The molecule has 0 bridgehead atoms. The molecule has 0 saturated heterocycles. The van der Waals surface area contributed by atoms with Crippen molar-refractivity contribution in [1.29, 1.82) is 0 Å². The van der Waals surface area contributed by atoms with Gasteiger partial charge in [-0.2, -0.15) is 0 Å². The zero-order valence-corrected chi connectivity index (χ0v) is 14.5. The monoisotopic (exact) mass is 341 g/mol. The van der Waals surface area contributed by atoms with Crippen LogP contribution < -0.4 is 9.04 Å². The van der Waals surface area contributed by atoms with E-state index in [-0.39, 0.29) is 0 Å². The van der Waals surface area contributed by atoms with E-state index in [9.17, 15) is 8.42 Å². The first kappa shape index (κ1) is 16.3. The van der Waals surface area contributed by atoms with Crippen molar-refractivity contribution in [2.45, 2.75) is 11.8 Å². The minimum atomic E-state index is -3.62. The molecular formula is C19H19NO3S. The van der Waals surface area contributed by atoms with Gasteiger partial charge in [-0.1, -0.05) is 30.3 Å². The maximum Gasteiger partial charge on any atom is 0.264 e. The molecule has 3 rings (SSSR count). The number of nitrogens with zero attached hydrogens (tertiary/aromatic N) is 1. The van der Waals surface area contributed by atoms with E-state index in [1.807, 2.05) is 37.3 Å². The number of rotatable bonds is 5. The zero-order chi connectivity index (χ0) is 17.2. The maximum absolute atomic E-state index is 13.1. The van der Waals surface area contributed by atoms with Gasteiger partial charge in [0.15, 0.2) is 0 Å². The van der Waals surface area contributed by atoms with E-state index >= 15 is 0 Å². The van der Waals surface area contributed by atoms with Crippen molar-refractivity contribution in [3.63, 3.8) is 0 Å². The van der Waals surface area contributed by atoms with Crippen LogP contribution in [0.2, 0.25) is 0 Å². The number of sulfonamides is 1. The van der Waals surface area contributed by atoms with Gasteiger partial charge in [0.25, 0.3) is 10.0 Å². The van der Waals surface area contributed by atoms with Gasteiger partial charge in [-0.25, -0.2) is 8.42 Å². The molecule has 0 aromatic heterocycles. The van der Waals surface area contributed by atoms with E-state index in [2.05, 4.69) is 0 Å². The SMILES string of the molecule is CCN(c1ccc(OC)cc1)S(=O)(=O)c1ccc2ccccc2c1. The van der Waals surface area contributed by atoms with E-state index in [0.717, 1.165) is 10.8 Å². The summed E-state index contributed by atoms with van der Waals surface area (Å²) >= 11 is 0. The minimum Gasteiger partial charge on any atom is -0.497 e. The Hall–Kier alpha value is -2.53. The van der Waals surface area contributed by atoms with Crippen molar-refractivity contribution >= 4 is 26.5 Å².